The first kappa shape index (κ1) is 20.0. The number of carbonyl (C=O) groups excluding carboxylic acids is 2. The molecule has 7 heteroatoms. The summed E-state index contributed by atoms with van der Waals surface area (Å²) in [5.74, 6) is -3.33. The normalized spacial score (nSPS) is 10.3. The van der Waals surface area contributed by atoms with Crippen LogP contribution in [0.3, 0.4) is 0 Å². The second-order valence-corrected chi connectivity index (χ2v) is 6.06. The maximum absolute atomic E-state index is 13.6. The van der Waals surface area contributed by atoms with Crippen molar-refractivity contribution >= 4 is 28.9 Å². The van der Waals surface area contributed by atoms with E-state index in [2.05, 4.69) is 5.32 Å². The summed E-state index contributed by atoms with van der Waals surface area (Å²) in [6.45, 7) is -0.806. The van der Waals surface area contributed by atoms with Crippen LogP contribution in [0.4, 0.5) is 25.8 Å². The van der Waals surface area contributed by atoms with Crippen molar-refractivity contribution in [1.82, 2.24) is 0 Å². The quantitative estimate of drug-likeness (QED) is 0.606. The topological polar surface area (TPSA) is 58.6 Å². The standard InChI is InChI=1S/C22H18F2N2O3/c23-18-12-7-13-19(24)22(18)25-20(27)15-29-21(28)14-26(16-8-3-1-4-9-16)17-10-5-2-6-11-17/h1-13H,14-15H2,(H,25,27). The van der Waals surface area contributed by atoms with Gasteiger partial charge in [0.2, 0.25) is 0 Å². The third kappa shape index (κ3) is 5.38. The minimum absolute atomic E-state index is 0.143. The first-order chi connectivity index (χ1) is 14.0. The molecule has 0 unspecified atom stereocenters. The fourth-order valence-corrected chi connectivity index (χ4v) is 2.66. The molecule has 148 valence electrons. The van der Waals surface area contributed by atoms with Crippen molar-refractivity contribution in [2.24, 2.45) is 0 Å². The largest absolute Gasteiger partial charge is 0.454 e. The number of carbonyl (C=O) groups is 2. The smallest absolute Gasteiger partial charge is 0.326 e. The Hall–Kier alpha value is -3.74. The van der Waals surface area contributed by atoms with Crippen LogP contribution in [0.5, 0.6) is 0 Å². The lowest BCUT2D eigenvalue weighted by Gasteiger charge is -2.24. The van der Waals surface area contributed by atoms with Crippen LogP contribution in [0, 0.1) is 11.6 Å². The lowest BCUT2D eigenvalue weighted by atomic mass is 10.2. The van der Waals surface area contributed by atoms with E-state index in [1.807, 2.05) is 60.7 Å². The molecule has 0 radical (unpaired) electrons. The van der Waals surface area contributed by atoms with Gasteiger partial charge in [0.05, 0.1) is 0 Å². The SMILES string of the molecule is O=C(COC(=O)CN(c1ccccc1)c1ccccc1)Nc1c(F)cccc1F. The van der Waals surface area contributed by atoms with Gasteiger partial charge in [0.15, 0.2) is 6.61 Å². The molecule has 0 fully saturated rings. The van der Waals surface area contributed by atoms with E-state index in [0.717, 1.165) is 23.5 Å². The highest BCUT2D eigenvalue weighted by molar-refractivity contribution is 5.93. The van der Waals surface area contributed by atoms with Crippen LogP contribution < -0.4 is 10.2 Å². The van der Waals surface area contributed by atoms with E-state index in [0.29, 0.717) is 0 Å². The minimum Gasteiger partial charge on any atom is -0.454 e. The summed E-state index contributed by atoms with van der Waals surface area (Å²) >= 11 is 0. The number of nitrogens with one attached hydrogen (secondary N) is 1. The molecule has 0 spiro atoms. The van der Waals surface area contributed by atoms with Gasteiger partial charge in [-0.2, -0.15) is 0 Å². The van der Waals surface area contributed by atoms with E-state index in [1.54, 1.807) is 4.90 Å². The Balaban J connectivity index is 1.63. The predicted octanol–water partition coefficient (Wildman–Crippen LogP) is 4.28. The molecule has 1 amide bonds. The van der Waals surface area contributed by atoms with Gasteiger partial charge in [-0.05, 0) is 36.4 Å². The maximum Gasteiger partial charge on any atom is 0.326 e. The second-order valence-electron chi connectivity index (χ2n) is 6.06. The molecule has 3 aromatic carbocycles. The molecule has 3 aromatic rings. The van der Waals surface area contributed by atoms with Crippen molar-refractivity contribution in [3.8, 4) is 0 Å². The van der Waals surface area contributed by atoms with Gasteiger partial charge < -0.3 is 15.0 Å². The zero-order chi connectivity index (χ0) is 20.6. The highest BCUT2D eigenvalue weighted by Crippen LogP contribution is 2.24. The molecule has 0 aliphatic carbocycles. The minimum atomic E-state index is -0.913. The lowest BCUT2D eigenvalue weighted by molar-refractivity contribution is -0.145. The second kappa shape index (κ2) is 9.45. The van der Waals surface area contributed by atoms with Gasteiger partial charge >= 0.3 is 5.97 Å². The number of ether oxygens (including phenoxy) is 1. The summed E-state index contributed by atoms with van der Waals surface area (Å²) in [5, 5.41) is 2.07. The Morgan fingerprint density at radius 3 is 1.83 bits per heavy atom. The van der Waals surface area contributed by atoms with Gasteiger partial charge in [-0.1, -0.05) is 42.5 Å². The number of hydrogen-bond acceptors (Lipinski definition) is 4. The summed E-state index contributed by atoms with van der Waals surface area (Å²) < 4.78 is 32.2. The average Bonchev–Trinajstić information content (AvgIpc) is 2.74. The molecular formula is C22H18F2N2O3. The van der Waals surface area contributed by atoms with Gasteiger partial charge in [-0.3, -0.25) is 9.59 Å². The molecule has 0 aliphatic rings. The molecule has 5 nitrogen and oxygen atoms in total. The molecule has 0 saturated carbocycles. The average molecular weight is 396 g/mol. The third-order valence-corrected chi connectivity index (χ3v) is 4.01. The zero-order valence-corrected chi connectivity index (χ0v) is 15.3. The van der Waals surface area contributed by atoms with Crippen LogP contribution in [0.15, 0.2) is 78.9 Å². The Bertz CT molecular complexity index is 922. The van der Waals surface area contributed by atoms with Crippen molar-refractivity contribution in [3.63, 3.8) is 0 Å². The predicted molar refractivity (Wildman–Crippen MR) is 106 cm³/mol. The molecular weight excluding hydrogens is 378 g/mol. The first-order valence-electron chi connectivity index (χ1n) is 8.81. The monoisotopic (exact) mass is 396 g/mol. The van der Waals surface area contributed by atoms with E-state index < -0.39 is 35.8 Å². The summed E-state index contributed by atoms with van der Waals surface area (Å²) in [5.41, 5.74) is 0.964. The number of anilines is 3. The number of para-hydroxylation sites is 3. The lowest BCUT2D eigenvalue weighted by Crippen LogP contribution is -2.29. The van der Waals surface area contributed by atoms with E-state index in [1.165, 1.54) is 6.07 Å². The summed E-state index contributed by atoms with van der Waals surface area (Å²) in [7, 11) is 0. The number of halogens is 2. The van der Waals surface area contributed by atoms with E-state index in [4.69, 9.17) is 4.74 Å². The van der Waals surface area contributed by atoms with Gasteiger partial charge in [0.25, 0.3) is 5.91 Å². The number of rotatable bonds is 7. The molecule has 0 heterocycles. The van der Waals surface area contributed by atoms with E-state index in [-0.39, 0.29) is 6.54 Å². The fourth-order valence-electron chi connectivity index (χ4n) is 2.66. The number of benzene rings is 3. The maximum atomic E-state index is 13.6. The van der Waals surface area contributed by atoms with Gasteiger partial charge in [0.1, 0.15) is 23.9 Å². The van der Waals surface area contributed by atoms with Crippen LogP contribution in [0.2, 0.25) is 0 Å². The third-order valence-electron chi connectivity index (χ3n) is 4.01. The molecule has 0 bridgehead atoms. The molecule has 0 aromatic heterocycles. The highest BCUT2D eigenvalue weighted by Gasteiger charge is 2.17. The number of esters is 1. The Kier molecular flexibility index (Phi) is 6.52. The van der Waals surface area contributed by atoms with Gasteiger partial charge in [-0.15, -0.1) is 0 Å². The first-order valence-corrected chi connectivity index (χ1v) is 8.81. The van der Waals surface area contributed by atoms with Crippen molar-refractivity contribution in [2.75, 3.05) is 23.4 Å². The molecule has 1 N–H and O–H groups in total. The molecule has 3 rings (SSSR count). The van der Waals surface area contributed by atoms with Gasteiger partial charge in [0, 0.05) is 11.4 Å². The van der Waals surface area contributed by atoms with Crippen molar-refractivity contribution < 1.29 is 23.1 Å². The number of amides is 1. The van der Waals surface area contributed by atoms with Crippen LogP contribution in [-0.4, -0.2) is 25.0 Å². The fraction of sp³-hybridized carbons (Fsp3) is 0.0909. The Morgan fingerprint density at radius 1 is 0.793 bits per heavy atom. The van der Waals surface area contributed by atoms with Crippen LogP contribution in [0.25, 0.3) is 0 Å². The van der Waals surface area contributed by atoms with Crippen molar-refractivity contribution in [1.29, 1.82) is 0 Å². The summed E-state index contributed by atoms with van der Waals surface area (Å²) in [6, 6.07) is 21.7. The Morgan fingerprint density at radius 2 is 1.31 bits per heavy atom. The van der Waals surface area contributed by atoms with Crippen LogP contribution in [-0.2, 0) is 14.3 Å². The van der Waals surface area contributed by atoms with Gasteiger partial charge in [-0.25, -0.2) is 8.78 Å². The molecule has 0 atom stereocenters. The number of nitrogens with zero attached hydrogens (tertiary/aromatic N) is 1. The molecule has 0 saturated heterocycles. The van der Waals surface area contributed by atoms with Crippen molar-refractivity contribution in [2.45, 2.75) is 0 Å². The molecule has 29 heavy (non-hydrogen) atoms. The summed E-state index contributed by atoms with van der Waals surface area (Å²) in [4.78, 5) is 25.9. The molecule has 0 aliphatic heterocycles. The van der Waals surface area contributed by atoms with Crippen molar-refractivity contribution in [3.05, 3.63) is 90.5 Å². The zero-order valence-electron chi connectivity index (χ0n) is 15.3. The highest BCUT2D eigenvalue weighted by atomic mass is 19.1. The van der Waals surface area contributed by atoms with Crippen LogP contribution >= 0.6 is 0 Å². The van der Waals surface area contributed by atoms with E-state index >= 15 is 0 Å². The number of hydrogen-bond donors (Lipinski definition) is 1. The van der Waals surface area contributed by atoms with Crippen LogP contribution in [0.1, 0.15) is 0 Å². The summed E-state index contributed by atoms with van der Waals surface area (Å²) in [6.07, 6.45) is 0. The van der Waals surface area contributed by atoms with E-state index in [9.17, 15) is 18.4 Å². The Labute approximate surface area is 166 Å².